The first-order chi connectivity index (χ1) is 10.6. The maximum atomic E-state index is 12.4. The number of hydrogen-bond donors (Lipinski definition) is 1. The lowest BCUT2D eigenvalue weighted by Gasteiger charge is -2.08. The van der Waals surface area contributed by atoms with Crippen molar-refractivity contribution in [1.82, 2.24) is 4.72 Å². The van der Waals surface area contributed by atoms with Crippen LogP contribution in [0.2, 0.25) is 0 Å². The first-order valence-electron chi connectivity index (χ1n) is 6.61. The van der Waals surface area contributed by atoms with Crippen LogP contribution in [0.3, 0.4) is 0 Å². The van der Waals surface area contributed by atoms with Crippen molar-refractivity contribution in [2.45, 2.75) is 4.90 Å². The SMILES string of the molecule is O=C1OCC(c2ccccc2)=C1NS(=O)(=O)c1ccccc1. The minimum atomic E-state index is -3.83. The zero-order valence-electron chi connectivity index (χ0n) is 11.5. The zero-order chi connectivity index (χ0) is 15.6. The van der Waals surface area contributed by atoms with Crippen molar-refractivity contribution in [3.05, 3.63) is 71.9 Å². The van der Waals surface area contributed by atoms with Gasteiger partial charge < -0.3 is 4.74 Å². The van der Waals surface area contributed by atoms with Gasteiger partial charge in [-0.25, -0.2) is 13.2 Å². The Labute approximate surface area is 128 Å². The first kappa shape index (κ1) is 14.3. The molecule has 6 heteroatoms. The Morgan fingerprint density at radius 2 is 1.50 bits per heavy atom. The Bertz CT molecular complexity index is 827. The van der Waals surface area contributed by atoms with Crippen LogP contribution in [0.15, 0.2) is 71.3 Å². The van der Waals surface area contributed by atoms with E-state index in [1.54, 1.807) is 30.3 Å². The summed E-state index contributed by atoms with van der Waals surface area (Å²) in [6.45, 7) is 0.0511. The van der Waals surface area contributed by atoms with E-state index in [4.69, 9.17) is 4.74 Å². The van der Waals surface area contributed by atoms with Crippen LogP contribution in [0, 0.1) is 0 Å². The van der Waals surface area contributed by atoms with Crippen LogP contribution in [0.5, 0.6) is 0 Å². The number of hydrogen-bond acceptors (Lipinski definition) is 4. The predicted octanol–water partition coefficient (Wildman–Crippen LogP) is 1.93. The molecule has 0 radical (unpaired) electrons. The van der Waals surface area contributed by atoms with E-state index in [9.17, 15) is 13.2 Å². The summed E-state index contributed by atoms with van der Waals surface area (Å²) in [6.07, 6.45) is 0. The molecule has 1 aliphatic rings. The summed E-state index contributed by atoms with van der Waals surface area (Å²) >= 11 is 0. The summed E-state index contributed by atoms with van der Waals surface area (Å²) in [6, 6.07) is 17.0. The van der Waals surface area contributed by atoms with E-state index in [1.165, 1.54) is 12.1 Å². The molecule has 0 atom stereocenters. The number of ether oxygens (including phenoxy) is 1. The number of sulfonamides is 1. The van der Waals surface area contributed by atoms with Crippen LogP contribution in [0.25, 0.3) is 5.57 Å². The minimum absolute atomic E-state index is 0.0324. The molecular formula is C16H13NO4S. The Balaban J connectivity index is 2.00. The summed E-state index contributed by atoms with van der Waals surface area (Å²) in [4.78, 5) is 12.0. The van der Waals surface area contributed by atoms with Gasteiger partial charge in [-0.05, 0) is 17.7 Å². The molecule has 0 saturated carbocycles. The smallest absolute Gasteiger partial charge is 0.356 e. The lowest BCUT2D eigenvalue weighted by molar-refractivity contribution is -0.136. The second-order valence-corrected chi connectivity index (χ2v) is 6.40. The number of cyclic esters (lactones) is 1. The molecule has 0 aromatic heterocycles. The first-order valence-corrected chi connectivity index (χ1v) is 8.10. The zero-order valence-corrected chi connectivity index (χ0v) is 12.3. The van der Waals surface area contributed by atoms with E-state index in [-0.39, 0.29) is 17.2 Å². The fraction of sp³-hybridized carbons (Fsp3) is 0.0625. The van der Waals surface area contributed by atoms with Crippen molar-refractivity contribution in [3.63, 3.8) is 0 Å². The fourth-order valence-corrected chi connectivity index (χ4v) is 3.28. The molecule has 0 aliphatic carbocycles. The van der Waals surface area contributed by atoms with Crippen LogP contribution in [-0.2, 0) is 19.6 Å². The molecule has 0 bridgehead atoms. The minimum Gasteiger partial charge on any atom is -0.456 e. The summed E-state index contributed by atoms with van der Waals surface area (Å²) in [7, 11) is -3.83. The van der Waals surface area contributed by atoms with Crippen LogP contribution in [0.1, 0.15) is 5.56 Å². The summed E-state index contributed by atoms with van der Waals surface area (Å²) < 4.78 is 32.0. The van der Waals surface area contributed by atoms with Gasteiger partial charge in [0.15, 0.2) is 0 Å². The fourth-order valence-electron chi connectivity index (χ4n) is 2.17. The number of benzene rings is 2. The number of carbonyl (C=O) groups excluding carboxylic acids is 1. The van der Waals surface area contributed by atoms with E-state index in [1.807, 2.05) is 18.2 Å². The average molecular weight is 315 g/mol. The third-order valence-electron chi connectivity index (χ3n) is 3.27. The van der Waals surface area contributed by atoms with Crippen molar-refractivity contribution in [1.29, 1.82) is 0 Å². The topological polar surface area (TPSA) is 72.5 Å². The molecule has 1 N–H and O–H groups in total. The largest absolute Gasteiger partial charge is 0.456 e. The second kappa shape index (κ2) is 5.65. The molecule has 3 rings (SSSR count). The molecule has 0 amide bonds. The highest BCUT2D eigenvalue weighted by Crippen LogP contribution is 2.25. The average Bonchev–Trinajstić information content (AvgIpc) is 2.90. The molecule has 112 valence electrons. The van der Waals surface area contributed by atoms with E-state index in [0.29, 0.717) is 5.57 Å². The second-order valence-electron chi connectivity index (χ2n) is 4.71. The molecule has 0 saturated heterocycles. The highest BCUT2D eigenvalue weighted by Gasteiger charge is 2.29. The Morgan fingerprint density at radius 3 is 2.14 bits per heavy atom. The maximum absolute atomic E-state index is 12.4. The standard InChI is InChI=1S/C16H13NO4S/c18-16-15(14(11-21-16)12-7-3-1-4-8-12)17-22(19,20)13-9-5-2-6-10-13/h1-10,17H,11H2. The molecule has 1 aliphatic heterocycles. The predicted molar refractivity (Wildman–Crippen MR) is 81.1 cm³/mol. The molecule has 2 aromatic rings. The number of rotatable bonds is 4. The number of carbonyl (C=O) groups is 1. The molecular weight excluding hydrogens is 302 g/mol. The summed E-state index contributed by atoms with van der Waals surface area (Å²) in [5.74, 6) is -0.668. The molecule has 22 heavy (non-hydrogen) atoms. The van der Waals surface area contributed by atoms with Crippen molar-refractivity contribution < 1.29 is 17.9 Å². The molecule has 5 nitrogen and oxygen atoms in total. The van der Waals surface area contributed by atoms with Crippen molar-refractivity contribution >= 4 is 21.6 Å². The number of nitrogens with one attached hydrogen (secondary N) is 1. The van der Waals surface area contributed by atoms with Crippen LogP contribution in [0.4, 0.5) is 0 Å². The van der Waals surface area contributed by atoms with Gasteiger partial charge in [0.05, 0.1) is 4.90 Å². The highest BCUT2D eigenvalue weighted by atomic mass is 32.2. The van der Waals surface area contributed by atoms with Gasteiger partial charge in [-0.3, -0.25) is 4.72 Å². The number of esters is 1. The van der Waals surface area contributed by atoms with Gasteiger partial charge in [-0.15, -0.1) is 0 Å². The third kappa shape index (κ3) is 2.73. The lowest BCUT2D eigenvalue weighted by atomic mass is 10.1. The van der Waals surface area contributed by atoms with Crippen molar-refractivity contribution in [2.75, 3.05) is 6.61 Å². The third-order valence-corrected chi connectivity index (χ3v) is 4.63. The van der Waals surface area contributed by atoms with Crippen molar-refractivity contribution in [3.8, 4) is 0 Å². The Morgan fingerprint density at radius 1 is 0.909 bits per heavy atom. The van der Waals surface area contributed by atoms with E-state index in [2.05, 4.69) is 4.72 Å². The van der Waals surface area contributed by atoms with Gasteiger partial charge in [-0.1, -0.05) is 48.5 Å². The quantitative estimate of drug-likeness (QED) is 0.875. The monoisotopic (exact) mass is 315 g/mol. The van der Waals surface area contributed by atoms with E-state index in [0.717, 1.165) is 5.56 Å². The van der Waals surface area contributed by atoms with Gasteiger partial charge in [0.1, 0.15) is 12.3 Å². The van der Waals surface area contributed by atoms with Crippen LogP contribution < -0.4 is 4.72 Å². The van der Waals surface area contributed by atoms with E-state index < -0.39 is 16.0 Å². The molecule has 1 heterocycles. The molecule has 0 fully saturated rings. The maximum Gasteiger partial charge on any atom is 0.356 e. The molecule has 0 spiro atoms. The van der Waals surface area contributed by atoms with Crippen LogP contribution >= 0.6 is 0 Å². The summed E-state index contributed by atoms with van der Waals surface area (Å²) in [5, 5.41) is 0. The van der Waals surface area contributed by atoms with Gasteiger partial charge in [0.2, 0.25) is 0 Å². The normalized spacial score (nSPS) is 14.8. The molecule has 2 aromatic carbocycles. The van der Waals surface area contributed by atoms with Gasteiger partial charge in [-0.2, -0.15) is 0 Å². The van der Waals surface area contributed by atoms with Crippen LogP contribution in [-0.4, -0.2) is 21.0 Å². The van der Waals surface area contributed by atoms with Gasteiger partial charge >= 0.3 is 5.97 Å². The van der Waals surface area contributed by atoms with E-state index >= 15 is 0 Å². The van der Waals surface area contributed by atoms with Gasteiger partial charge in [0, 0.05) is 5.57 Å². The molecule has 0 unspecified atom stereocenters. The van der Waals surface area contributed by atoms with Gasteiger partial charge in [0.25, 0.3) is 10.0 Å². The summed E-state index contributed by atoms with van der Waals surface area (Å²) in [5.41, 5.74) is 1.25. The lowest BCUT2D eigenvalue weighted by Crippen LogP contribution is -2.26. The Kier molecular flexibility index (Phi) is 3.68. The van der Waals surface area contributed by atoms with Crippen molar-refractivity contribution in [2.24, 2.45) is 0 Å². The Hall–Kier alpha value is -2.60. The highest BCUT2D eigenvalue weighted by molar-refractivity contribution is 7.89.